The van der Waals surface area contributed by atoms with E-state index in [1.54, 1.807) is 17.9 Å². The number of fused-ring (bicyclic) bond motifs is 1. The molecule has 0 unspecified atom stereocenters. The predicted molar refractivity (Wildman–Crippen MR) is 73.0 cm³/mol. The Labute approximate surface area is 121 Å². The zero-order valence-electron chi connectivity index (χ0n) is 10.8. The number of anilines is 1. The van der Waals surface area contributed by atoms with Gasteiger partial charge in [-0.15, -0.1) is 11.3 Å². The van der Waals surface area contributed by atoms with Crippen LogP contribution in [-0.2, 0) is 19.8 Å². The van der Waals surface area contributed by atoms with E-state index in [4.69, 9.17) is 0 Å². The van der Waals surface area contributed by atoms with Crippen LogP contribution in [0.15, 0.2) is 24.0 Å². The zero-order chi connectivity index (χ0) is 15.0. The van der Waals surface area contributed by atoms with Crippen molar-refractivity contribution < 1.29 is 13.2 Å². The van der Waals surface area contributed by atoms with Crippen LogP contribution < -0.4 is 5.32 Å². The van der Waals surface area contributed by atoms with Crippen LogP contribution in [0.1, 0.15) is 10.4 Å². The molecule has 0 atom stereocenters. The maximum atomic E-state index is 12.8. The quantitative estimate of drug-likeness (QED) is 0.807. The molecule has 0 amide bonds. The first-order valence-electron chi connectivity index (χ1n) is 5.97. The lowest BCUT2D eigenvalue weighted by Gasteiger charge is -2.10. The van der Waals surface area contributed by atoms with Crippen LogP contribution in [0.4, 0.5) is 19.0 Å². The third-order valence-corrected chi connectivity index (χ3v) is 3.98. The van der Waals surface area contributed by atoms with E-state index in [0.29, 0.717) is 28.2 Å². The Bertz CT molecular complexity index is 777. The highest BCUT2D eigenvalue weighted by Gasteiger charge is 2.34. The Hall–Kier alpha value is -2.16. The van der Waals surface area contributed by atoms with Crippen molar-refractivity contribution in [1.82, 2.24) is 19.7 Å². The lowest BCUT2D eigenvalue weighted by molar-refractivity contribution is -0.134. The van der Waals surface area contributed by atoms with Gasteiger partial charge < -0.3 is 5.32 Å². The highest BCUT2D eigenvalue weighted by molar-refractivity contribution is 7.10. The molecule has 0 aliphatic heterocycles. The number of halogens is 3. The van der Waals surface area contributed by atoms with E-state index < -0.39 is 11.1 Å². The molecule has 3 heterocycles. The summed E-state index contributed by atoms with van der Waals surface area (Å²) in [6.07, 6.45) is -1.41. The molecule has 0 bridgehead atoms. The van der Waals surface area contributed by atoms with Gasteiger partial charge in [-0.1, -0.05) is 0 Å². The second-order valence-corrected chi connectivity index (χ2v) is 5.27. The number of aromatic nitrogens is 4. The number of rotatable bonds is 3. The van der Waals surface area contributed by atoms with Crippen molar-refractivity contribution in [3.05, 3.63) is 34.4 Å². The molecule has 5 nitrogen and oxygen atoms in total. The fourth-order valence-electron chi connectivity index (χ4n) is 2.04. The number of aryl methyl sites for hydroxylation is 1. The van der Waals surface area contributed by atoms with Gasteiger partial charge in [-0.3, -0.25) is 4.68 Å². The summed E-state index contributed by atoms with van der Waals surface area (Å²) in [6.45, 7) is 0.0373. The number of nitrogens with zero attached hydrogens (tertiary/aromatic N) is 4. The Balaban J connectivity index is 1.88. The molecule has 110 valence electrons. The second-order valence-electron chi connectivity index (χ2n) is 4.35. The van der Waals surface area contributed by atoms with E-state index in [-0.39, 0.29) is 12.1 Å². The van der Waals surface area contributed by atoms with Crippen molar-refractivity contribution in [2.75, 3.05) is 5.32 Å². The van der Waals surface area contributed by atoms with Crippen LogP contribution in [0.3, 0.4) is 0 Å². The largest absolute Gasteiger partial charge is 0.425 e. The van der Waals surface area contributed by atoms with Gasteiger partial charge in [0.15, 0.2) is 5.82 Å². The topological polar surface area (TPSA) is 55.6 Å². The molecule has 0 aromatic carbocycles. The van der Waals surface area contributed by atoms with E-state index in [0.717, 1.165) is 0 Å². The Morgan fingerprint density at radius 3 is 2.90 bits per heavy atom. The van der Waals surface area contributed by atoms with Crippen molar-refractivity contribution in [3.8, 4) is 0 Å². The van der Waals surface area contributed by atoms with E-state index in [2.05, 4.69) is 20.4 Å². The molecule has 9 heteroatoms. The van der Waals surface area contributed by atoms with E-state index in [1.807, 2.05) is 0 Å². The van der Waals surface area contributed by atoms with Crippen molar-refractivity contribution in [1.29, 1.82) is 0 Å². The third kappa shape index (κ3) is 2.56. The third-order valence-electron chi connectivity index (χ3n) is 2.98. The fourth-order valence-corrected chi connectivity index (χ4v) is 2.83. The first kappa shape index (κ1) is 13.8. The normalized spacial score (nSPS) is 12.0. The summed E-state index contributed by atoms with van der Waals surface area (Å²) >= 11 is 0.685. The number of hydrogen-bond donors (Lipinski definition) is 1. The van der Waals surface area contributed by atoms with Gasteiger partial charge in [0.25, 0.3) is 0 Å². The highest BCUT2D eigenvalue weighted by Crippen LogP contribution is 2.36. The molecule has 0 spiro atoms. The lowest BCUT2D eigenvalue weighted by Crippen LogP contribution is -2.10. The molecule has 0 fully saturated rings. The van der Waals surface area contributed by atoms with Gasteiger partial charge in [0.05, 0.1) is 6.20 Å². The van der Waals surface area contributed by atoms with Crippen molar-refractivity contribution >= 4 is 28.2 Å². The molecule has 0 saturated carbocycles. The minimum absolute atomic E-state index is 0.0373. The summed E-state index contributed by atoms with van der Waals surface area (Å²) in [5.74, 6) is 0.458. The summed E-state index contributed by atoms with van der Waals surface area (Å²) < 4.78 is 40.0. The zero-order valence-corrected chi connectivity index (χ0v) is 11.7. The molecule has 3 rings (SSSR count). The van der Waals surface area contributed by atoms with E-state index in [1.165, 1.54) is 17.8 Å². The monoisotopic (exact) mass is 313 g/mol. The Morgan fingerprint density at radius 2 is 2.14 bits per heavy atom. The summed E-state index contributed by atoms with van der Waals surface area (Å²) in [5, 5.41) is 8.41. The molecule has 1 N–H and O–H groups in total. The molecule has 3 aromatic heterocycles. The van der Waals surface area contributed by atoms with E-state index in [9.17, 15) is 13.2 Å². The number of alkyl halides is 3. The molecular weight excluding hydrogens is 303 g/mol. The molecule has 0 aliphatic rings. The maximum absolute atomic E-state index is 12.8. The van der Waals surface area contributed by atoms with Crippen LogP contribution in [0.5, 0.6) is 0 Å². The van der Waals surface area contributed by atoms with Gasteiger partial charge in [0.2, 0.25) is 0 Å². The van der Waals surface area contributed by atoms with E-state index >= 15 is 0 Å². The van der Waals surface area contributed by atoms with Gasteiger partial charge in [0.1, 0.15) is 22.2 Å². The van der Waals surface area contributed by atoms with Gasteiger partial charge in [0, 0.05) is 13.6 Å². The molecule has 0 radical (unpaired) electrons. The first-order chi connectivity index (χ1) is 9.97. The second kappa shape index (κ2) is 4.99. The molecule has 0 aliphatic carbocycles. The van der Waals surface area contributed by atoms with Crippen molar-refractivity contribution in [3.63, 3.8) is 0 Å². The van der Waals surface area contributed by atoms with Gasteiger partial charge in [-0.05, 0) is 17.0 Å². The van der Waals surface area contributed by atoms with Crippen LogP contribution in [0.25, 0.3) is 11.0 Å². The fraction of sp³-hybridized carbons (Fsp3) is 0.250. The molecule has 3 aromatic rings. The number of thiophene rings is 1. The number of hydrogen-bond acceptors (Lipinski definition) is 5. The summed E-state index contributed by atoms with van der Waals surface area (Å²) in [6, 6.07) is 1.46. The minimum atomic E-state index is -4.33. The standard InChI is InChI=1S/C12H10F3N5S/c1-20-9-8(5-19-20)17-6-18-11(9)16-4-7-2-3-21-10(7)12(13,14)15/h2-3,5-6H,4H2,1H3,(H,16,17,18). The summed E-state index contributed by atoms with van der Waals surface area (Å²) in [7, 11) is 1.72. The smallest absolute Gasteiger partial charge is 0.364 e. The lowest BCUT2D eigenvalue weighted by atomic mass is 10.2. The van der Waals surface area contributed by atoms with Crippen molar-refractivity contribution in [2.24, 2.45) is 7.05 Å². The van der Waals surface area contributed by atoms with Gasteiger partial charge in [-0.25, -0.2) is 9.97 Å². The summed E-state index contributed by atoms with van der Waals surface area (Å²) in [5.41, 5.74) is 1.49. The molecular formula is C12H10F3N5S. The van der Waals surface area contributed by atoms with Crippen LogP contribution in [-0.4, -0.2) is 19.7 Å². The Kier molecular flexibility index (Phi) is 3.28. The first-order valence-corrected chi connectivity index (χ1v) is 6.85. The van der Waals surface area contributed by atoms with Crippen molar-refractivity contribution in [2.45, 2.75) is 12.7 Å². The van der Waals surface area contributed by atoms with Crippen LogP contribution in [0, 0.1) is 0 Å². The average molecular weight is 313 g/mol. The minimum Gasteiger partial charge on any atom is -0.364 e. The Morgan fingerprint density at radius 1 is 1.33 bits per heavy atom. The van der Waals surface area contributed by atoms with Crippen LogP contribution >= 0.6 is 11.3 Å². The highest BCUT2D eigenvalue weighted by atomic mass is 32.1. The molecule has 0 saturated heterocycles. The molecule has 21 heavy (non-hydrogen) atoms. The van der Waals surface area contributed by atoms with Gasteiger partial charge in [-0.2, -0.15) is 18.3 Å². The van der Waals surface area contributed by atoms with Crippen LogP contribution in [0.2, 0.25) is 0 Å². The number of nitrogens with one attached hydrogen (secondary N) is 1. The van der Waals surface area contributed by atoms with Gasteiger partial charge >= 0.3 is 6.18 Å². The SMILES string of the molecule is Cn1ncc2ncnc(NCc3ccsc3C(F)(F)F)c21. The predicted octanol–water partition coefficient (Wildman–Crippen LogP) is 3.06. The maximum Gasteiger partial charge on any atom is 0.425 e. The summed E-state index contributed by atoms with van der Waals surface area (Å²) in [4.78, 5) is 7.53. The average Bonchev–Trinajstić information content (AvgIpc) is 3.03.